The second-order valence-electron chi connectivity index (χ2n) is 5.21. The third-order valence-corrected chi connectivity index (χ3v) is 3.44. The Bertz CT molecular complexity index is 777. The molecule has 0 heterocycles. The summed E-state index contributed by atoms with van der Waals surface area (Å²) in [5.74, 6) is -0.731. The number of nitrogens with one attached hydrogen (secondary N) is 1. The minimum atomic E-state index is -1.08. The first-order chi connectivity index (χ1) is 12.5. The zero-order valence-corrected chi connectivity index (χ0v) is 14.6. The van der Waals surface area contributed by atoms with Crippen LogP contribution in [0.4, 0.5) is 4.79 Å². The molecule has 2 N–H and O–H groups in total. The van der Waals surface area contributed by atoms with Gasteiger partial charge in [0.1, 0.15) is 12.4 Å². The molecule has 2 aromatic rings. The van der Waals surface area contributed by atoms with Gasteiger partial charge in [0, 0.05) is 17.1 Å². The summed E-state index contributed by atoms with van der Waals surface area (Å²) < 4.78 is 10.3. The van der Waals surface area contributed by atoms with Crippen molar-refractivity contribution in [3.8, 4) is 5.75 Å². The van der Waals surface area contributed by atoms with Gasteiger partial charge in [0.25, 0.3) is 0 Å². The Kier molecular flexibility index (Phi) is 7.51. The molecule has 0 aliphatic rings. The predicted molar refractivity (Wildman–Crippen MR) is 98.2 cm³/mol. The molecule has 6 nitrogen and oxygen atoms in total. The summed E-state index contributed by atoms with van der Waals surface area (Å²) in [5, 5.41) is 11.7. The first kappa shape index (κ1) is 19.3. The van der Waals surface area contributed by atoms with E-state index in [0.717, 1.165) is 5.56 Å². The van der Waals surface area contributed by atoms with Crippen LogP contribution in [0.3, 0.4) is 0 Å². The van der Waals surface area contributed by atoms with Crippen LogP contribution >= 0.6 is 11.6 Å². The molecule has 7 heteroatoms. The van der Waals surface area contributed by atoms with E-state index in [9.17, 15) is 9.59 Å². The molecule has 136 valence electrons. The molecule has 0 bridgehead atoms. The van der Waals surface area contributed by atoms with Gasteiger partial charge in [-0.15, -0.1) is 0 Å². The molecule has 1 amide bonds. The van der Waals surface area contributed by atoms with Crippen LogP contribution in [0.2, 0.25) is 5.02 Å². The minimum absolute atomic E-state index is 0.195. The summed E-state index contributed by atoms with van der Waals surface area (Å²) in [7, 11) is 0. The maximum Gasteiger partial charge on any atom is 0.407 e. The average molecular weight is 376 g/mol. The SMILES string of the molecule is O=C(O)COc1cc(Cl)ccc1C=CCNC(=O)OCc1ccccc1. The first-order valence-electron chi connectivity index (χ1n) is 7.80. The van der Waals surface area contributed by atoms with Gasteiger partial charge in [-0.05, 0) is 23.8 Å². The summed E-state index contributed by atoms with van der Waals surface area (Å²) in [6.07, 6.45) is 2.86. The van der Waals surface area contributed by atoms with E-state index in [-0.39, 0.29) is 13.2 Å². The van der Waals surface area contributed by atoms with Crippen molar-refractivity contribution in [3.63, 3.8) is 0 Å². The molecule has 0 radical (unpaired) electrons. The summed E-state index contributed by atoms with van der Waals surface area (Å²) >= 11 is 5.90. The average Bonchev–Trinajstić information content (AvgIpc) is 2.64. The van der Waals surface area contributed by atoms with Crippen molar-refractivity contribution in [3.05, 3.63) is 70.8 Å². The van der Waals surface area contributed by atoms with Crippen molar-refractivity contribution in [2.24, 2.45) is 0 Å². The van der Waals surface area contributed by atoms with E-state index in [4.69, 9.17) is 26.2 Å². The second-order valence-corrected chi connectivity index (χ2v) is 5.65. The summed E-state index contributed by atoms with van der Waals surface area (Å²) in [6, 6.07) is 14.3. The number of amides is 1. The first-order valence-corrected chi connectivity index (χ1v) is 8.17. The second kappa shape index (κ2) is 10.1. The molecule has 0 spiro atoms. The van der Waals surface area contributed by atoms with Gasteiger partial charge in [-0.3, -0.25) is 0 Å². The van der Waals surface area contributed by atoms with E-state index in [2.05, 4.69) is 5.32 Å². The molecule has 0 aliphatic carbocycles. The van der Waals surface area contributed by atoms with Crippen LogP contribution in [0.5, 0.6) is 5.75 Å². The van der Waals surface area contributed by atoms with Gasteiger partial charge in [0.2, 0.25) is 0 Å². The van der Waals surface area contributed by atoms with Crippen molar-refractivity contribution in [1.82, 2.24) is 5.32 Å². The summed E-state index contributed by atoms with van der Waals surface area (Å²) in [6.45, 7) is -0.0272. The minimum Gasteiger partial charge on any atom is -0.481 e. The van der Waals surface area contributed by atoms with Crippen LogP contribution in [-0.2, 0) is 16.1 Å². The highest BCUT2D eigenvalue weighted by atomic mass is 35.5. The summed E-state index contributed by atoms with van der Waals surface area (Å²) in [4.78, 5) is 22.3. The molecule has 0 aliphatic heterocycles. The largest absolute Gasteiger partial charge is 0.481 e. The van der Waals surface area contributed by atoms with E-state index >= 15 is 0 Å². The number of rotatable bonds is 8. The fourth-order valence-corrected chi connectivity index (χ4v) is 2.17. The van der Waals surface area contributed by atoms with Gasteiger partial charge in [0.15, 0.2) is 6.61 Å². The van der Waals surface area contributed by atoms with Gasteiger partial charge >= 0.3 is 12.1 Å². The van der Waals surface area contributed by atoms with Crippen molar-refractivity contribution in [2.45, 2.75) is 6.61 Å². The van der Waals surface area contributed by atoms with E-state index in [1.807, 2.05) is 30.3 Å². The maximum atomic E-state index is 11.6. The van der Waals surface area contributed by atoms with Gasteiger partial charge in [-0.25, -0.2) is 9.59 Å². The number of ether oxygens (including phenoxy) is 2. The fourth-order valence-electron chi connectivity index (χ4n) is 2.01. The van der Waals surface area contributed by atoms with Crippen LogP contribution in [0, 0.1) is 0 Å². The molecule has 0 atom stereocenters. The van der Waals surface area contributed by atoms with Crippen molar-refractivity contribution in [2.75, 3.05) is 13.2 Å². The topological polar surface area (TPSA) is 84.9 Å². The van der Waals surface area contributed by atoms with Gasteiger partial charge in [-0.1, -0.05) is 54.1 Å². The zero-order valence-electron chi connectivity index (χ0n) is 13.9. The van der Waals surface area contributed by atoms with Crippen LogP contribution in [-0.4, -0.2) is 30.3 Å². The van der Waals surface area contributed by atoms with Gasteiger partial charge in [-0.2, -0.15) is 0 Å². The van der Waals surface area contributed by atoms with Crippen molar-refractivity contribution in [1.29, 1.82) is 0 Å². The normalized spacial score (nSPS) is 10.5. The highest BCUT2D eigenvalue weighted by Gasteiger charge is 2.05. The Morgan fingerprint density at radius 2 is 1.92 bits per heavy atom. The Morgan fingerprint density at radius 1 is 1.15 bits per heavy atom. The molecule has 2 aromatic carbocycles. The fraction of sp³-hybridized carbons (Fsp3) is 0.158. The standard InChI is InChI=1S/C19H18ClNO5/c20-16-9-8-15(17(11-16)25-13-18(22)23)7-4-10-21-19(24)26-12-14-5-2-1-3-6-14/h1-9,11H,10,12-13H2,(H,21,24)(H,22,23). The molecular formula is C19H18ClNO5. The number of carbonyl (C=O) groups excluding carboxylic acids is 1. The lowest BCUT2D eigenvalue weighted by molar-refractivity contribution is -0.139. The number of carboxylic acid groups (broad SMARTS) is 1. The van der Waals surface area contributed by atoms with Gasteiger partial charge < -0.3 is 19.9 Å². The smallest absolute Gasteiger partial charge is 0.407 e. The van der Waals surface area contributed by atoms with Crippen LogP contribution in [0.1, 0.15) is 11.1 Å². The lowest BCUT2D eigenvalue weighted by atomic mass is 10.2. The lowest BCUT2D eigenvalue weighted by Gasteiger charge is -2.08. The molecular weight excluding hydrogens is 358 g/mol. The Morgan fingerprint density at radius 3 is 2.65 bits per heavy atom. The third-order valence-electron chi connectivity index (χ3n) is 3.20. The van der Waals surface area contributed by atoms with E-state index < -0.39 is 18.7 Å². The number of halogens is 1. The molecule has 2 rings (SSSR count). The molecule has 0 unspecified atom stereocenters. The van der Waals surface area contributed by atoms with Crippen LogP contribution in [0.15, 0.2) is 54.6 Å². The van der Waals surface area contributed by atoms with E-state index in [1.54, 1.807) is 24.3 Å². The highest BCUT2D eigenvalue weighted by Crippen LogP contribution is 2.24. The molecule has 0 saturated heterocycles. The summed E-state index contributed by atoms with van der Waals surface area (Å²) in [5.41, 5.74) is 1.55. The number of carbonyl (C=O) groups is 2. The molecule has 0 aromatic heterocycles. The monoisotopic (exact) mass is 375 g/mol. The highest BCUT2D eigenvalue weighted by molar-refractivity contribution is 6.30. The number of alkyl carbamates (subject to hydrolysis) is 1. The predicted octanol–water partition coefficient (Wildman–Crippen LogP) is 3.74. The third kappa shape index (κ3) is 6.86. The number of benzene rings is 2. The molecule has 0 saturated carbocycles. The number of hydrogen-bond acceptors (Lipinski definition) is 4. The van der Waals surface area contributed by atoms with Crippen molar-refractivity contribution >= 4 is 29.7 Å². The van der Waals surface area contributed by atoms with Crippen molar-refractivity contribution < 1.29 is 24.2 Å². The maximum absolute atomic E-state index is 11.6. The van der Waals surface area contributed by atoms with Crippen LogP contribution in [0.25, 0.3) is 6.08 Å². The Balaban J connectivity index is 1.82. The molecule has 0 fully saturated rings. The van der Waals surface area contributed by atoms with Gasteiger partial charge in [0.05, 0.1) is 0 Å². The number of aliphatic carboxylic acids is 1. The zero-order chi connectivity index (χ0) is 18.8. The Hall–Kier alpha value is -2.99. The lowest BCUT2D eigenvalue weighted by Crippen LogP contribution is -2.24. The van der Waals surface area contributed by atoms with Crippen LogP contribution < -0.4 is 10.1 Å². The number of hydrogen-bond donors (Lipinski definition) is 2. The van der Waals surface area contributed by atoms with E-state index in [1.165, 1.54) is 6.07 Å². The molecule has 26 heavy (non-hydrogen) atoms. The van der Waals surface area contributed by atoms with E-state index in [0.29, 0.717) is 16.3 Å². The Labute approximate surface area is 156 Å². The number of carboxylic acids is 1. The quantitative estimate of drug-likeness (QED) is 0.734.